The third-order valence-corrected chi connectivity index (χ3v) is 3.54. The number of nitro groups is 1. The maximum Gasteiger partial charge on any atom is 0.282 e. The van der Waals surface area contributed by atoms with E-state index >= 15 is 0 Å². The number of nitro benzene ring substituents is 1. The molecule has 2 aromatic rings. The number of benzene rings is 2. The average Bonchev–Trinajstić information content (AvgIpc) is 2.62. The molecule has 0 aromatic heterocycles. The largest absolute Gasteiger partial charge is 0.497 e. The van der Waals surface area contributed by atoms with Crippen molar-refractivity contribution in [3.8, 4) is 11.5 Å². The summed E-state index contributed by atoms with van der Waals surface area (Å²) in [4.78, 5) is 23.0. The Labute approximate surface area is 145 Å². The van der Waals surface area contributed by atoms with Crippen LogP contribution in [0, 0.1) is 10.1 Å². The minimum atomic E-state index is -0.584. The molecule has 0 spiro atoms. The number of nitrogens with one attached hydrogen (secondary N) is 1. The van der Waals surface area contributed by atoms with Crippen molar-refractivity contribution in [2.45, 2.75) is 19.8 Å². The van der Waals surface area contributed by atoms with E-state index in [1.54, 1.807) is 24.3 Å². The molecule has 2 rings (SSSR count). The maximum atomic E-state index is 12.5. The number of amides is 1. The van der Waals surface area contributed by atoms with Crippen molar-refractivity contribution in [1.29, 1.82) is 0 Å². The molecule has 0 saturated heterocycles. The van der Waals surface area contributed by atoms with Crippen LogP contribution < -0.4 is 14.8 Å². The fraction of sp³-hybridized carbons (Fsp3) is 0.278. The lowest BCUT2D eigenvalue weighted by atomic mass is 10.1. The summed E-state index contributed by atoms with van der Waals surface area (Å²) in [5, 5.41) is 13.8. The molecular weight excluding hydrogens is 324 g/mol. The Bertz CT molecular complexity index is 761. The monoisotopic (exact) mass is 344 g/mol. The number of rotatable bonds is 8. The van der Waals surface area contributed by atoms with E-state index in [1.165, 1.54) is 25.3 Å². The minimum Gasteiger partial charge on any atom is -0.497 e. The van der Waals surface area contributed by atoms with Crippen molar-refractivity contribution < 1.29 is 19.2 Å². The van der Waals surface area contributed by atoms with E-state index in [1.807, 2.05) is 0 Å². The van der Waals surface area contributed by atoms with Crippen molar-refractivity contribution in [3.63, 3.8) is 0 Å². The molecule has 0 aliphatic heterocycles. The van der Waals surface area contributed by atoms with Crippen LogP contribution in [-0.2, 0) is 0 Å². The molecule has 0 heterocycles. The molecule has 1 amide bonds. The SMILES string of the molecule is CCCCOc1ccc(OC)cc1NC(=O)c1ccccc1[N+](=O)[O-]. The first-order chi connectivity index (χ1) is 12.1. The summed E-state index contributed by atoms with van der Waals surface area (Å²) in [6.45, 7) is 2.56. The number of carbonyl (C=O) groups is 1. The molecule has 0 bridgehead atoms. The van der Waals surface area contributed by atoms with Gasteiger partial charge in [-0.25, -0.2) is 0 Å². The molecule has 0 atom stereocenters. The number of carbonyl (C=O) groups excluding carboxylic acids is 1. The van der Waals surface area contributed by atoms with Crippen LogP contribution in [-0.4, -0.2) is 24.5 Å². The van der Waals surface area contributed by atoms with Crippen LogP contribution in [0.25, 0.3) is 0 Å². The Morgan fingerprint density at radius 1 is 1.24 bits per heavy atom. The number of unbranched alkanes of at least 4 members (excludes halogenated alkanes) is 1. The van der Waals surface area contributed by atoms with Gasteiger partial charge in [0.05, 0.1) is 24.3 Å². The van der Waals surface area contributed by atoms with Crippen LogP contribution in [0.2, 0.25) is 0 Å². The van der Waals surface area contributed by atoms with Gasteiger partial charge in [-0.05, 0) is 24.6 Å². The highest BCUT2D eigenvalue weighted by Gasteiger charge is 2.20. The number of anilines is 1. The van der Waals surface area contributed by atoms with Gasteiger partial charge in [0.25, 0.3) is 11.6 Å². The van der Waals surface area contributed by atoms with Gasteiger partial charge < -0.3 is 14.8 Å². The lowest BCUT2D eigenvalue weighted by Gasteiger charge is -2.14. The molecular formula is C18H20N2O5. The fourth-order valence-electron chi connectivity index (χ4n) is 2.20. The van der Waals surface area contributed by atoms with Crippen molar-refractivity contribution in [1.82, 2.24) is 0 Å². The normalized spacial score (nSPS) is 10.2. The lowest BCUT2D eigenvalue weighted by Crippen LogP contribution is -2.15. The van der Waals surface area contributed by atoms with Gasteiger partial charge in [0.15, 0.2) is 0 Å². The summed E-state index contributed by atoms with van der Waals surface area (Å²) in [7, 11) is 1.51. The molecule has 1 N–H and O–H groups in total. The topological polar surface area (TPSA) is 90.7 Å². The first-order valence-corrected chi connectivity index (χ1v) is 7.92. The van der Waals surface area contributed by atoms with Crippen molar-refractivity contribution in [2.75, 3.05) is 19.0 Å². The van der Waals surface area contributed by atoms with Crippen LogP contribution in [0.15, 0.2) is 42.5 Å². The van der Waals surface area contributed by atoms with Gasteiger partial charge in [-0.1, -0.05) is 25.5 Å². The fourth-order valence-corrected chi connectivity index (χ4v) is 2.20. The Morgan fingerprint density at radius 2 is 2.00 bits per heavy atom. The van der Waals surface area contributed by atoms with E-state index in [4.69, 9.17) is 9.47 Å². The predicted molar refractivity (Wildman–Crippen MR) is 94.4 cm³/mol. The van der Waals surface area contributed by atoms with E-state index in [2.05, 4.69) is 12.2 Å². The molecule has 0 aliphatic carbocycles. The Kier molecular flexibility index (Phi) is 6.33. The minimum absolute atomic E-state index is 0.0187. The quantitative estimate of drug-likeness (QED) is 0.443. The van der Waals surface area contributed by atoms with Crippen molar-refractivity contribution in [2.24, 2.45) is 0 Å². The van der Waals surface area contributed by atoms with E-state index < -0.39 is 10.8 Å². The van der Waals surface area contributed by atoms with Gasteiger partial charge in [0, 0.05) is 12.1 Å². The number of para-hydroxylation sites is 1. The molecule has 0 aliphatic rings. The average molecular weight is 344 g/mol. The van der Waals surface area contributed by atoms with Crippen LogP contribution in [0.4, 0.5) is 11.4 Å². The summed E-state index contributed by atoms with van der Waals surface area (Å²) < 4.78 is 10.9. The summed E-state index contributed by atoms with van der Waals surface area (Å²) in [6, 6.07) is 10.8. The van der Waals surface area contributed by atoms with Gasteiger partial charge in [0.2, 0.25) is 0 Å². The Hall–Kier alpha value is -3.09. The molecule has 7 nitrogen and oxygen atoms in total. The third kappa shape index (κ3) is 4.69. The van der Waals surface area contributed by atoms with Gasteiger partial charge in [-0.15, -0.1) is 0 Å². The van der Waals surface area contributed by atoms with Crippen molar-refractivity contribution >= 4 is 17.3 Å². The first kappa shape index (κ1) is 18.3. The zero-order valence-electron chi connectivity index (χ0n) is 14.2. The second kappa shape index (κ2) is 8.68. The summed E-state index contributed by atoms with van der Waals surface area (Å²) in [5.41, 5.74) is 0.129. The molecule has 2 aromatic carbocycles. The van der Waals surface area contributed by atoms with Gasteiger partial charge in [-0.2, -0.15) is 0 Å². The first-order valence-electron chi connectivity index (χ1n) is 7.92. The summed E-state index contributed by atoms with van der Waals surface area (Å²) in [6.07, 6.45) is 1.86. The number of nitrogens with zero attached hydrogens (tertiary/aromatic N) is 1. The second-order valence-corrected chi connectivity index (χ2v) is 5.29. The Balaban J connectivity index is 2.28. The number of hydrogen-bond donors (Lipinski definition) is 1. The molecule has 0 fully saturated rings. The smallest absolute Gasteiger partial charge is 0.282 e. The lowest BCUT2D eigenvalue weighted by molar-refractivity contribution is -0.385. The molecule has 0 unspecified atom stereocenters. The predicted octanol–water partition coefficient (Wildman–Crippen LogP) is 4.03. The molecule has 25 heavy (non-hydrogen) atoms. The van der Waals surface area contributed by atoms with Gasteiger partial charge >= 0.3 is 0 Å². The van der Waals surface area contributed by atoms with E-state index in [-0.39, 0.29) is 11.3 Å². The van der Waals surface area contributed by atoms with E-state index in [9.17, 15) is 14.9 Å². The Morgan fingerprint density at radius 3 is 2.68 bits per heavy atom. The number of methoxy groups -OCH3 is 1. The highest BCUT2D eigenvalue weighted by Crippen LogP contribution is 2.30. The molecule has 0 radical (unpaired) electrons. The van der Waals surface area contributed by atoms with Crippen LogP contribution in [0.5, 0.6) is 11.5 Å². The van der Waals surface area contributed by atoms with Crippen LogP contribution >= 0.6 is 0 Å². The summed E-state index contributed by atoms with van der Waals surface area (Å²) in [5.74, 6) is 0.447. The zero-order valence-corrected chi connectivity index (χ0v) is 14.2. The number of ether oxygens (including phenoxy) is 2. The standard InChI is InChI=1S/C18H20N2O5/c1-3-4-11-25-17-10-9-13(24-2)12-15(17)19-18(21)14-7-5-6-8-16(14)20(22)23/h5-10,12H,3-4,11H2,1-2H3,(H,19,21). The molecule has 0 saturated carbocycles. The van der Waals surface area contributed by atoms with Gasteiger partial charge in [-0.3, -0.25) is 14.9 Å². The summed E-state index contributed by atoms with van der Waals surface area (Å²) >= 11 is 0. The molecule has 132 valence electrons. The third-order valence-electron chi connectivity index (χ3n) is 3.54. The number of hydrogen-bond acceptors (Lipinski definition) is 5. The highest BCUT2D eigenvalue weighted by atomic mass is 16.6. The van der Waals surface area contributed by atoms with Gasteiger partial charge in [0.1, 0.15) is 17.1 Å². The maximum absolute atomic E-state index is 12.5. The van der Waals surface area contributed by atoms with Crippen molar-refractivity contribution in [3.05, 3.63) is 58.1 Å². The zero-order chi connectivity index (χ0) is 18.2. The van der Waals surface area contributed by atoms with E-state index in [0.717, 1.165) is 12.8 Å². The van der Waals surface area contributed by atoms with Crippen LogP contribution in [0.1, 0.15) is 30.1 Å². The second-order valence-electron chi connectivity index (χ2n) is 5.29. The highest BCUT2D eigenvalue weighted by molar-refractivity contribution is 6.07. The van der Waals surface area contributed by atoms with E-state index in [0.29, 0.717) is 23.8 Å². The molecule has 7 heteroatoms. The van der Waals surface area contributed by atoms with Crippen LogP contribution in [0.3, 0.4) is 0 Å².